The van der Waals surface area contributed by atoms with Crippen molar-refractivity contribution >= 4 is 67.4 Å². The molecule has 1 heterocycles. The van der Waals surface area contributed by atoms with E-state index in [1.165, 1.54) is 0 Å². The topological polar surface area (TPSA) is 29.1 Å². The van der Waals surface area contributed by atoms with Gasteiger partial charge in [0.25, 0.3) is 0 Å². The summed E-state index contributed by atoms with van der Waals surface area (Å²) in [5.41, 5.74) is 0. The van der Waals surface area contributed by atoms with Crippen molar-refractivity contribution in [2.24, 2.45) is 0 Å². The predicted molar refractivity (Wildman–Crippen MR) is 64.4 cm³/mol. The molecule has 1 aromatic rings. The van der Waals surface area contributed by atoms with Gasteiger partial charge in [-0.3, -0.25) is 4.79 Å². The molecule has 0 aromatic carbocycles. The van der Waals surface area contributed by atoms with Crippen LogP contribution in [0.15, 0.2) is 6.07 Å². The van der Waals surface area contributed by atoms with Crippen LogP contribution in [0.4, 0.5) is 18.2 Å². The molecular formula is C6H2F3I2NOS. The highest BCUT2D eigenvalue weighted by molar-refractivity contribution is 14.1. The van der Waals surface area contributed by atoms with E-state index in [9.17, 15) is 18.0 Å². The van der Waals surface area contributed by atoms with Crippen molar-refractivity contribution in [1.82, 2.24) is 0 Å². The fourth-order valence-corrected chi connectivity index (χ4v) is 3.83. The average molecular weight is 447 g/mol. The van der Waals surface area contributed by atoms with Gasteiger partial charge in [-0.15, -0.1) is 11.3 Å². The van der Waals surface area contributed by atoms with Crippen LogP contribution in [0.2, 0.25) is 0 Å². The van der Waals surface area contributed by atoms with Crippen LogP contribution in [-0.2, 0) is 4.79 Å². The van der Waals surface area contributed by atoms with E-state index in [4.69, 9.17) is 0 Å². The Morgan fingerprint density at radius 3 is 2.36 bits per heavy atom. The lowest BCUT2D eigenvalue weighted by Crippen LogP contribution is -2.29. The number of carbonyl (C=O) groups excluding carboxylic acids is 1. The first-order chi connectivity index (χ1) is 6.30. The zero-order valence-electron chi connectivity index (χ0n) is 6.28. The van der Waals surface area contributed by atoms with Gasteiger partial charge in [0.05, 0.1) is 2.88 Å². The summed E-state index contributed by atoms with van der Waals surface area (Å²) in [6, 6.07) is 1.69. The second-order valence-corrected chi connectivity index (χ2v) is 6.29. The summed E-state index contributed by atoms with van der Waals surface area (Å²) in [7, 11) is 0. The first-order valence-electron chi connectivity index (χ1n) is 3.13. The predicted octanol–water partition coefficient (Wildman–Crippen LogP) is 3.46. The van der Waals surface area contributed by atoms with Crippen molar-refractivity contribution in [3.63, 3.8) is 0 Å². The van der Waals surface area contributed by atoms with Gasteiger partial charge in [0.15, 0.2) is 0 Å². The van der Waals surface area contributed by atoms with Crippen LogP contribution >= 0.6 is 56.5 Å². The number of alkyl halides is 3. The molecule has 0 spiro atoms. The van der Waals surface area contributed by atoms with Crippen molar-refractivity contribution in [2.45, 2.75) is 6.18 Å². The van der Waals surface area contributed by atoms with Gasteiger partial charge in [0.1, 0.15) is 5.00 Å². The molecule has 0 aliphatic rings. The highest BCUT2D eigenvalue weighted by atomic mass is 127. The molecule has 0 saturated carbocycles. The highest BCUT2D eigenvalue weighted by Gasteiger charge is 2.39. The molecule has 0 atom stereocenters. The second kappa shape index (κ2) is 4.51. The van der Waals surface area contributed by atoms with Crippen molar-refractivity contribution < 1.29 is 18.0 Å². The van der Waals surface area contributed by atoms with Crippen LogP contribution in [0, 0.1) is 6.45 Å². The largest absolute Gasteiger partial charge is 0.471 e. The smallest absolute Gasteiger partial charge is 0.309 e. The Kier molecular flexibility index (Phi) is 4.03. The molecule has 0 aliphatic heterocycles. The number of carbonyl (C=O) groups is 1. The molecular weight excluding hydrogens is 445 g/mol. The second-order valence-electron chi connectivity index (χ2n) is 2.18. The molecule has 1 aromatic heterocycles. The van der Waals surface area contributed by atoms with E-state index in [0.717, 1.165) is 14.2 Å². The number of halogens is 5. The number of thiophene rings is 1. The summed E-state index contributed by atoms with van der Waals surface area (Å²) in [4.78, 5) is 10.6. The Morgan fingerprint density at radius 1 is 1.43 bits per heavy atom. The van der Waals surface area contributed by atoms with Gasteiger partial charge in [-0.25, -0.2) is 0 Å². The van der Waals surface area contributed by atoms with Crippen molar-refractivity contribution in [2.75, 3.05) is 5.32 Å². The van der Waals surface area contributed by atoms with E-state index < -0.39 is 12.1 Å². The van der Waals surface area contributed by atoms with Crippen LogP contribution in [0.1, 0.15) is 0 Å². The molecule has 78 valence electrons. The van der Waals surface area contributed by atoms with Gasteiger partial charge in [0.2, 0.25) is 0 Å². The van der Waals surface area contributed by atoms with Crippen molar-refractivity contribution in [1.29, 1.82) is 0 Å². The highest BCUT2D eigenvalue weighted by Crippen LogP contribution is 2.31. The fourth-order valence-electron chi connectivity index (χ4n) is 0.600. The average Bonchev–Trinajstić information content (AvgIpc) is 2.28. The number of hydrogen-bond acceptors (Lipinski definition) is 2. The van der Waals surface area contributed by atoms with Crippen LogP contribution in [-0.4, -0.2) is 12.1 Å². The maximum atomic E-state index is 11.9. The van der Waals surface area contributed by atoms with Crippen molar-refractivity contribution in [3.05, 3.63) is 12.5 Å². The standard InChI is InChI=1S/C6H2F3I2NOS/c7-6(8,9)5(13)12-4-2(10)1-3(11)14-4/h1H,(H,12,13). The van der Waals surface area contributed by atoms with Crippen LogP contribution in [0.3, 0.4) is 0 Å². The zero-order chi connectivity index (χ0) is 10.9. The van der Waals surface area contributed by atoms with E-state index in [1.807, 2.05) is 50.5 Å². The van der Waals surface area contributed by atoms with Crippen LogP contribution in [0.25, 0.3) is 0 Å². The molecule has 0 radical (unpaired) electrons. The van der Waals surface area contributed by atoms with E-state index in [2.05, 4.69) is 0 Å². The first-order valence-corrected chi connectivity index (χ1v) is 6.11. The number of hydrogen-bond donors (Lipinski definition) is 1. The van der Waals surface area contributed by atoms with E-state index in [1.54, 1.807) is 6.07 Å². The minimum absolute atomic E-state index is 0.234. The monoisotopic (exact) mass is 447 g/mol. The lowest BCUT2D eigenvalue weighted by Gasteiger charge is -2.05. The SMILES string of the molecule is O=C(Nc1sc(I)cc1I)C(F)(F)F. The summed E-state index contributed by atoms with van der Waals surface area (Å²) >= 11 is 4.95. The third-order valence-electron chi connectivity index (χ3n) is 1.14. The minimum atomic E-state index is -4.83. The number of amides is 1. The molecule has 8 heteroatoms. The lowest BCUT2D eigenvalue weighted by molar-refractivity contribution is -0.167. The normalized spacial score (nSPS) is 11.5. The molecule has 14 heavy (non-hydrogen) atoms. The summed E-state index contributed by atoms with van der Waals surface area (Å²) in [5.74, 6) is -1.94. The van der Waals surface area contributed by atoms with Gasteiger partial charge in [-0.2, -0.15) is 13.2 Å². The Bertz CT molecular complexity index is 362. The minimum Gasteiger partial charge on any atom is -0.309 e. The summed E-state index contributed by atoms with van der Waals surface area (Å²) in [6.07, 6.45) is -4.83. The number of rotatable bonds is 1. The van der Waals surface area contributed by atoms with Crippen LogP contribution in [0.5, 0.6) is 0 Å². The van der Waals surface area contributed by atoms with E-state index in [0.29, 0.717) is 3.57 Å². The fraction of sp³-hybridized carbons (Fsp3) is 0.167. The van der Waals surface area contributed by atoms with E-state index in [-0.39, 0.29) is 5.00 Å². The quantitative estimate of drug-likeness (QED) is 0.658. The maximum Gasteiger partial charge on any atom is 0.471 e. The van der Waals surface area contributed by atoms with Gasteiger partial charge in [0, 0.05) is 3.57 Å². The molecule has 0 fully saturated rings. The Hall–Kier alpha value is 0.420. The summed E-state index contributed by atoms with van der Waals surface area (Å²) in [6.45, 7) is 0. The molecule has 1 N–H and O–H groups in total. The number of nitrogens with one attached hydrogen (secondary N) is 1. The van der Waals surface area contributed by atoms with E-state index >= 15 is 0 Å². The molecule has 0 unspecified atom stereocenters. The Balaban J connectivity index is 2.80. The maximum absolute atomic E-state index is 11.9. The first kappa shape index (κ1) is 12.5. The summed E-state index contributed by atoms with van der Waals surface area (Å²) in [5, 5.41) is 2.05. The molecule has 0 bridgehead atoms. The lowest BCUT2D eigenvalue weighted by atomic mass is 10.5. The van der Waals surface area contributed by atoms with Crippen LogP contribution < -0.4 is 5.32 Å². The third kappa shape index (κ3) is 3.22. The summed E-state index contributed by atoms with van der Waals surface area (Å²) < 4.78 is 37.0. The van der Waals surface area contributed by atoms with Gasteiger partial charge < -0.3 is 5.32 Å². The number of anilines is 1. The molecule has 0 saturated heterocycles. The van der Waals surface area contributed by atoms with Gasteiger partial charge >= 0.3 is 12.1 Å². The van der Waals surface area contributed by atoms with Gasteiger partial charge in [-0.05, 0) is 51.2 Å². The molecule has 2 nitrogen and oxygen atoms in total. The molecule has 0 aliphatic carbocycles. The van der Waals surface area contributed by atoms with Gasteiger partial charge in [-0.1, -0.05) is 0 Å². The van der Waals surface area contributed by atoms with Crippen molar-refractivity contribution in [3.8, 4) is 0 Å². The molecule has 1 rings (SSSR count). The Morgan fingerprint density at radius 2 is 2.00 bits per heavy atom. The Labute approximate surface area is 109 Å². The third-order valence-corrected chi connectivity index (χ3v) is 4.17. The zero-order valence-corrected chi connectivity index (χ0v) is 11.4. The molecule has 1 amide bonds.